The van der Waals surface area contributed by atoms with Crippen LogP contribution in [-0.4, -0.2) is 11.9 Å². The minimum Gasteiger partial charge on any atom is -0.342 e. The molecule has 2 aromatic rings. The monoisotopic (exact) mass is 366 g/mol. The largest absolute Gasteiger partial charge is 0.342 e. The van der Waals surface area contributed by atoms with E-state index in [1.165, 1.54) is 5.56 Å². The van der Waals surface area contributed by atoms with E-state index in [-0.39, 0.29) is 6.10 Å². The van der Waals surface area contributed by atoms with Crippen LogP contribution < -0.4 is 0 Å². The molecule has 21 heavy (non-hydrogen) atoms. The summed E-state index contributed by atoms with van der Waals surface area (Å²) in [5, 5.41) is 1.28. The summed E-state index contributed by atoms with van der Waals surface area (Å²) in [5.41, 5.74) is 3.35. The smallest absolute Gasteiger partial charge is 0.205 e. The molecule has 2 aromatic carbocycles. The van der Waals surface area contributed by atoms with E-state index in [9.17, 15) is 0 Å². The van der Waals surface area contributed by atoms with Crippen molar-refractivity contribution < 1.29 is 9.47 Å². The lowest BCUT2D eigenvalue weighted by molar-refractivity contribution is -0.157. The summed E-state index contributed by atoms with van der Waals surface area (Å²) in [6.07, 6.45) is -0.0566. The van der Waals surface area contributed by atoms with E-state index in [2.05, 4.69) is 47.1 Å². The number of hydrogen-bond donors (Lipinski definition) is 0. The number of benzene rings is 2. The van der Waals surface area contributed by atoms with Crippen LogP contribution in [0.4, 0.5) is 0 Å². The summed E-state index contributed by atoms with van der Waals surface area (Å²) in [6, 6.07) is 16.0. The van der Waals surface area contributed by atoms with Crippen molar-refractivity contribution in [3.05, 3.63) is 70.2 Å². The van der Waals surface area contributed by atoms with Crippen LogP contribution in [0.25, 0.3) is 0 Å². The first-order valence-electron chi connectivity index (χ1n) is 6.83. The van der Waals surface area contributed by atoms with Crippen LogP contribution in [0.5, 0.6) is 0 Å². The van der Waals surface area contributed by atoms with Gasteiger partial charge in [0.2, 0.25) is 5.79 Å². The van der Waals surface area contributed by atoms with Gasteiger partial charge in [0.1, 0.15) is 6.10 Å². The molecule has 0 spiro atoms. The molecule has 0 N–H and O–H groups in total. The van der Waals surface area contributed by atoms with Crippen molar-refractivity contribution in [2.24, 2.45) is 0 Å². The van der Waals surface area contributed by atoms with Gasteiger partial charge in [0.05, 0.1) is 11.9 Å². The zero-order valence-electron chi connectivity index (χ0n) is 11.7. The standard InChI is InChI=1S/C17H16BrClO2/c1-12-2-4-13(5-3-12)16-10-20-17(11-18,21-16)14-6-8-15(19)9-7-14/h2-9,16H,10-11H2,1H3/t16-,17+/m0/s1. The van der Waals surface area contributed by atoms with Gasteiger partial charge in [-0.05, 0) is 24.6 Å². The molecule has 1 heterocycles. The number of ether oxygens (including phenoxy) is 2. The number of alkyl halides is 1. The Morgan fingerprint density at radius 2 is 1.81 bits per heavy atom. The Morgan fingerprint density at radius 1 is 1.14 bits per heavy atom. The first-order valence-corrected chi connectivity index (χ1v) is 8.33. The van der Waals surface area contributed by atoms with Gasteiger partial charge in [-0.15, -0.1) is 0 Å². The second kappa shape index (κ2) is 6.09. The molecule has 1 saturated heterocycles. The van der Waals surface area contributed by atoms with E-state index < -0.39 is 5.79 Å². The Morgan fingerprint density at radius 3 is 2.43 bits per heavy atom. The Bertz CT molecular complexity index is 612. The lowest BCUT2D eigenvalue weighted by Crippen LogP contribution is -2.29. The van der Waals surface area contributed by atoms with E-state index in [1.54, 1.807) is 0 Å². The predicted octanol–water partition coefficient (Wildman–Crippen LogP) is 4.98. The van der Waals surface area contributed by atoms with E-state index >= 15 is 0 Å². The van der Waals surface area contributed by atoms with Gasteiger partial charge in [-0.1, -0.05) is 69.5 Å². The third kappa shape index (κ3) is 3.02. The fourth-order valence-corrected chi connectivity index (χ4v) is 3.20. The number of aryl methyl sites for hydroxylation is 1. The molecule has 1 aliphatic rings. The Kier molecular flexibility index (Phi) is 4.36. The summed E-state index contributed by atoms with van der Waals surface area (Å²) in [5.74, 6) is -0.750. The van der Waals surface area contributed by atoms with Gasteiger partial charge in [0.15, 0.2) is 0 Å². The maximum atomic E-state index is 6.24. The van der Waals surface area contributed by atoms with E-state index in [1.807, 2.05) is 24.3 Å². The summed E-state index contributed by atoms with van der Waals surface area (Å²) in [6.45, 7) is 2.61. The highest BCUT2D eigenvalue weighted by Gasteiger charge is 2.42. The van der Waals surface area contributed by atoms with Crippen molar-refractivity contribution >= 4 is 27.5 Å². The minimum atomic E-state index is -0.750. The van der Waals surface area contributed by atoms with Gasteiger partial charge in [0.25, 0.3) is 0 Å². The van der Waals surface area contributed by atoms with Crippen LogP contribution in [0, 0.1) is 6.92 Å². The Labute approximate surface area is 138 Å². The van der Waals surface area contributed by atoms with Gasteiger partial charge in [-0.2, -0.15) is 0 Å². The molecule has 1 fully saturated rings. The van der Waals surface area contributed by atoms with Crippen molar-refractivity contribution in [2.75, 3.05) is 11.9 Å². The maximum absolute atomic E-state index is 6.24. The van der Waals surface area contributed by atoms with Crippen LogP contribution in [0.3, 0.4) is 0 Å². The highest BCUT2D eigenvalue weighted by atomic mass is 79.9. The molecule has 3 rings (SSSR count). The average Bonchev–Trinajstić information content (AvgIpc) is 2.94. The van der Waals surface area contributed by atoms with E-state index in [4.69, 9.17) is 21.1 Å². The van der Waals surface area contributed by atoms with Crippen molar-refractivity contribution in [1.29, 1.82) is 0 Å². The fourth-order valence-electron chi connectivity index (χ4n) is 2.46. The van der Waals surface area contributed by atoms with E-state index in [0.717, 1.165) is 11.1 Å². The third-order valence-electron chi connectivity index (χ3n) is 3.71. The number of hydrogen-bond acceptors (Lipinski definition) is 2. The van der Waals surface area contributed by atoms with Crippen LogP contribution in [0.2, 0.25) is 5.02 Å². The van der Waals surface area contributed by atoms with Gasteiger partial charge in [0, 0.05) is 10.6 Å². The van der Waals surface area contributed by atoms with Crippen LogP contribution in [0.1, 0.15) is 22.8 Å². The van der Waals surface area contributed by atoms with Gasteiger partial charge in [-0.3, -0.25) is 0 Å². The maximum Gasteiger partial charge on any atom is 0.205 e. The quantitative estimate of drug-likeness (QED) is 0.712. The van der Waals surface area contributed by atoms with Crippen molar-refractivity contribution in [3.8, 4) is 0 Å². The molecule has 110 valence electrons. The first kappa shape index (κ1) is 15.0. The topological polar surface area (TPSA) is 18.5 Å². The first-order chi connectivity index (χ1) is 10.1. The molecule has 1 aliphatic heterocycles. The van der Waals surface area contributed by atoms with Gasteiger partial charge in [-0.25, -0.2) is 0 Å². The van der Waals surface area contributed by atoms with Crippen molar-refractivity contribution in [2.45, 2.75) is 18.8 Å². The molecule has 4 heteroatoms. The lowest BCUT2D eigenvalue weighted by atomic mass is 10.1. The zero-order valence-corrected chi connectivity index (χ0v) is 14.0. The highest BCUT2D eigenvalue weighted by Crippen LogP contribution is 2.41. The average molecular weight is 368 g/mol. The Balaban J connectivity index is 1.85. The molecule has 0 bridgehead atoms. The summed E-state index contributed by atoms with van der Waals surface area (Å²) >= 11 is 9.47. The molecule has 0 saturated carbocycles. The second-order valence-corrected chi connectivity index (χ2v) is 6.22. The molecule has 0 radical (unpaired) electrons. The zero-order chi connectivity index (χ0) is 14.9. The van der Waals surface area contributed by atoms with Crippen molar-refractivity contribution in [1.82, 2.24) is 0 Å². The molecular formula is C17H16BrClO2. The second-order valence-electron chi connectivity index (χ2n) is 5.22. The summed E-state index contributed by atoms with van der Waals surface area (Å²) in [7, 11) is 0. The molecule has 0 unspecified atom stereocenters. The molecule has 2 nitrogen and oxygen atoms in total. The van der Waals surface area contributed by atoms with Crippen LogP contribution in [0.15, 0.2) is 48.5 Å². The molecule has 2 atom stereocenters. The summed E-state index contributed by atoms with van der Waals surface area (Å²) < 4.78 is 12.2. The SMILES string of the molecule is Cc1ccc([C@@H]2CO[C@@](CBr)(c3ccc(Cl)cc3)O2)cc1. The summed E-state index contributed by atoms with van der Waals surface area (Å²) in [4.78, 5) is 0. The van der Waals surface area contributed by atoms with Crippen LogP contribution >= 0.6 is 27.5 Å². The van der Waals surface area contributed by atoms with Gasteiger partial charge >= 0.3 is 0 Å². The normalized spacial score (nSPS) is 25.2. The predicted molar refractivity (Wildman–Crippen MR) is 87.9 cm³/mol. The highest BCUT2D eigenvalue weighted by molar-refractivity contribution is 9.09. The minimum absolute atomic E-state index is 0.0566. The van der Waals surface area contributed by atoms with E-state index in [0.29, 0.717) is 17.0 Å². The molecular weight excluding hydrogens is 352 g/mol. The lowest BCUT2D eigenvalue weighted by Gasteiger charge is -2.26. The van der Waals surface area contributed by atoms with Gasteiger partial charge < -0.3 is 9.47 Å². The van der Waals surface area contributed by atoms with Crippen molar-refractivity contribution in [3.63, 3.8) is 0 Å². The third-order valence-corrected chi connectivity index (χ3v) is 4.70. The molecule has 0 aliphatic carbocycles. The molecule has 0 aromatic heterocycles. The molecule has 0 amide bonds. The fraction of sp³-hybridized carbons (Fsp3) is 0.294. The Hall–Kier alpha value is -0.870. The van der Waals surface area contributed by atoms with Crippen LogP contribution in [-0.2, 0) is 15.3 Å². The number of halogens is 2. The number of rotatable bonds is 3.